The number of Topliss-reactive ketones (excluding diaryl/α,β-unsaturated/α-hetero) is 1. The van der Waals surface area contributed by atoms with E-state index in [9.17, 15) is 59.0 Å². The van der Waals surface area contributed by atoms with Crippen molar-refractivity contribution in [2.45, 2.75) is 100 Å². The van der Waals surface area contributed by atoms with Gasteiger partial charge in [-0.2, -0.15) is 0 Å². The predicted molar refractivity (Wildman–Crippen MR) is 211 cm³/mol. The average molecular weight is 853 g/mol. The number of amides is 2. The zero-order valence-electron chi connectivity index (χ0n) is 32.0. The molecule has 1 aliphatic heterocycles. The lowest BCUT2D eigenvalue weighted by Gasteiger charge is -2.43. The highest BCUT2D eigenvalue weighted by atomic mass is 33.1. The Morgan fingerprint density at radius 2 is 1.67 bits per heavy atom. The first kappa shape index (κ1) is 44.8. The molecule has 3 aliphatic rings. The van der Waals surface area contributed by atoms with E-state index in [2.05, 4.69) is 10.6 Å². The molecule has 0 radical (unpaired) electrons. The molecule has 0 bridgehead atoms. The van der Waals surface area contributed by atoms with Crippen LogP contribution in [-0.4, -0.2) is 126 Å². The van der Waals surface area contributed by atoms with Crippen molar-refractivity contribution in [1.29, 1.82) is 0 Å². The molecule has 5 rings (SSSR count). The van der Waals surface area contributed by atoms with Crippen molar-refractivity contribution < 1.29 is 68.4 Å². The fourth-order valence-electron chi connectivity index (χ4n) is 7.24. The van der Waals surface area contributed by atoms with Crippen LogP contribution in [0.25, 0.3) is 0 Å². The molecule has 0 aromatic heterocycles. The number of ketones is 3. The summed E-state index contributed by atoms with van der Waals surface area (Å²) >= 11 is 0. The molecule has 2 unspecified atom stereocenters. The van der Waals surface area contributed by atoms with Crippen molar-refractivity contribution >= 4 is 58.1 Å². The minimum atomic E-state index is -3.49. The molecule has 0 spiro atoms. The number of hydrogen-bond donors (Lipinski definition) is 8. The van der Waals surface area contributed by atoms with Crippen molar-refractivity contribution in [2.75, 3.05) is 31.7 Å². The predicted octanol–water partition coefficient (Wildman–Crippen LogP) is 2.50. The molecule has 57 heavy (non-hydrogen) atoms. The number of aliphatic hydroxyl groups excluding tert-OH is 2. The number of aliphatic hydroxyl groups is 3. The highest BCUT2D eigenvalue weighted by Gasteiger charge is 2.50. The van der Waals surface area contributed by atoms with E-state index in [-0.39, 0.29) is 59.7 Å². The van der Waals surface area contributed by atoms with Crippen LogP contribution in [0.2, 0.25) is 0 Å². The third-order valence-corrected chi connectivity index (χ3v) is 15.7. The number of carbonyl (C=O) groups excluding carboxylic acids is 5. The standard InChI is InChI=1S/C38H49N2O14PS2/c1-19-32(45)23(40-27(44)10-14-56-57-37(2,3)11-13-55(51,52)12-9-26(43)39-4)15-28(53-19)54-24-17-38(50,25(42)18-41)16-22-29(24)36(49)31-30(35(22)48)33(46)20-7-5-6-8-21(20)34(31)47/h5-8,19,23-24,28,32,41,45,48-50H,9-18H2,1-4H3,(H,39,43)(H,40,44)(H,51,52)/t19-,23-,24-,28?,32+,38-/m0/s1. The number of nitrogens with one attached hydrogen (secondary N) is 2. The lowest BCUT2D eigenvalue weighted by atomic mass is 9.72. The molecule has 2 aromatic rings. The van der Waals surface area contributed by atoms with Crippen molar-refractivity contribution in [2.24, 2.45) is 0 Å². The Balaban J connectivity index is 1.27. The van der Waals surface area contributed by atoms with E-state index >= 15 is 0 Å². The second-order valence-corrected chi connectivity index (χ2v) is 20.9. The van der Waals surface area contributed by atoms with Crippen molar-refractivity contribution in [1.82, 2.24) is 10.6 Å². The van der Waals surface area contributed by atoms with E-state index in [4.69, 9.17) is 9.47 Å². The van der Waals surface area contributed by atoms with Crippen molar-refractivity contribution in [3.63, 3.8) is 0 Å². The molecular weight excluding hydrogens is 804 g/mol. The molecular formula is C38H49N2O14PS2. The molecule has 8 N–H and O–H groups in total. The average Bonchev–Trinajstić information content (AvgIpc) is 3.16. The first-order valence-electron chi connectivity index (χ1n) is 18.5. The van der Waals surface area contributed by atoms with Gasteiger partial charge in [0.1, 0.15) is 29.8 Å². The van der Waals surface area contributed by atoms with Gasteiger partial charge in [-0.05, 0) is 27.2 Å². The zero-order valence-corrected chi connectivity index (χ0v) is 34.5. The fraction of sp³-hybridized carbons (Fsp3) is 0.553. The Kier molecular flexibility index (Phi) is 14.1. The summed E-state index contributed by atoms with van der Waals surface area (Å²) in [7, 11) is 0.838. The van der Waals surface area contributed by atoms with Crippen molar-refractivity contribution in [3.05, 3.63) is 57.6 Å². The van der Waals surface area contributed by atoms with Crippen LogP contribution in [0.15, 0.2) is 24.3 Å². The Bertz CT molecular complexity index is 1980. The van der Waals surface area contributed by atoms with Crippen LogP contribution in [0.1, 0.15) is 102 Å². The van der Waals surface area contributed by atoms with Gasteiger partial charge in [0.05, 0.1) is 29.4 Å². The molecule has 312 valence electrons. The number of ether oxygens (including phenoxy) is 2. The topological polar surface area (TPSA) is 266 Å². The lowest BCUT2D eigenvalue weighted by Crippen LogP contribution is -2.56. The molecule has 2 aliphatic carbocycles. The minimum Gasteiger partial charge on any atom is -0.507 e. The number of phenolic OH excluding ortho intramolecular Hbond substituents is 2. The summed E-state index contributed by atoms with van der Waals surface area (Å²) in [6.07, 6.45) is -5.66. The van der Waals surface area contributed by atoms with E-state index in [1.807, 2.05) is 13.8 Å². The third kappa shape index (κ3) is 9.94. The largest absolute Gasteiger partial charge is 0.507 e. The van der Waals surface area contributed by atoms with Gasteiger partial charge in [0.2, 0.25) is 19.2 Å². The van der Waals surface area contributed by atoms with Crippen LogP contribution in [0, 0.1) is 0 Å². The number of aromatic hydroxyl groups is 2. The Morgan fingerprint density at radius 1 is 1.04 bits per heavy atom. The van der Waals surface area contributed by atoms with Gasteiger partial charge in [-0.3, -0.25) is 28.5 Å². The molecule has 16 nitrogen and oxygen atoms in total. The number of carbonyl (C=O) groups is 5. The van der Waals surface area contributed by atoms with E-state index in [1.54, 1.807) is 13.0 Å². The first-order valence-corrected chi connectivity index (χ1v) is 22.8. The van der Waals surface area contributed by atoms with E-state index in [0.717, 1.165) is 0 Å². The van der Waals surface area contributed by atoms with Gasteiger partial charge in [0, 0.05) is 84.2 Å². The van der Waals surface area contributed by atoms with Gasteiger partial charge >= 0.3 is 0 Å². The van der Waals surface area contributed by atoms with Gasteiger partial charge in [-0.25, -0.2) is 0 Å². The lowest BCUT2D eigenvalue weighted by molar-refractivity contribution is -0.249. The number of fused-ring (bicyclic) bond motifs is 3. The van der Waals surface area contributed by atoms with Crippen LogP contribution in [0.3, 0.4) is 0 Å². The van der Waals surface area contributed by atoms with Crippen LogP contribution in [0.5, 0.6) is 11.5 Å². The second kappa shape index (κ2) is 17.9. The number of rotatable bonds is 16. The maximum Gasteiger partial charge on any atom is 0.221 e. The van der Waals surface area contributed by atoms with Crippen LogP contribution < -0.4 is 10.6 Å². The normalized spacial score (nSPS) is 25.4. The molecule has 7 atom stereocenters. The Labute approximate surface area is 337 Å². The van der Waals surface area contributed by atoms with E-state index < -0.39 is 114 Å². The maximum absolute atomic E-state index is 13.6. The second-order valence-electron chi connectivity index (χ2n) is 15.2. The minimum absolute atomic E-state index is 0.00486. The number of hydrogen-bond acceptors (Lipinski definition) is 15. The Morgan fingerprint density at radius 3 is 2.28 bits per heavy atom. The highest BCUT2D eigenvalue weighted by Crippen LogP contribution is 2.52. The maximum atomic E-state index is 13.6. The molecule has 2 aromatic carbocycles. The zero-order chi connectivity index (χ0) is 42.0. The molecule has 1 heterocycles. The van der Waals surface area contributed by atoms with E-state index in [0.29, 0.717) is 12.2 Å². The summed E-state index contributed by atoms with van der Waals surface area (Å²) in [6, 6.07) is 5.00. The molecule has 0 saturated carbocycles. The molecule has 1 fully saturated rings. The first-order chi connectivity index (χ1) is 26.7. The summed E-state index contributed by atoms with van der Waals surface area (Å²) in [5.41, 5.74) is -3.67. The highest BCUT2D eigenvalue weighted by molar-refractivity contribution is 8.77. The number of benzene rings is 2. The SMILES string of the molecule is CNC(=O)CCP(=O)(O)CCC(C)(C)SSCCC(=O)N[C@H]1CC(O[C@H]2C[C@](O)(C(=O)CO)Cc3c(O)c4c(c(O)c32)C(=O)c2ccccc2C4=O)O[C@@H](C)[C@H]1O. The smallest absolute Gasteiger partial charge is 0.221 e. The summed E-state index contributed by atoms with van der Waals surface area (Å²) in [4.78, 5) is 74.9. The van der Waals surface area contributed by atoms with Gasteiger partial charge in [0.15, 0.2) is 23.6 Å². The summed E-state index contributed by atoms with van der Waals surface area (Å²) in [5, 5.41) is 60.6. The van der Waals surface area contributed by atoms with Crippen LogP contribution in [0.4, 0.5) is 0 Å². The van der Waals surface area contributed by atoms with Crippen LogP contribution >= 0.6 is 29.0 Å². The van der Waals surface area contributed by atoms with Crippen molar-refractivity contribution in [3.8, 4) is 11.5 Å². The molecule has 19 heteroatoms. The van der Waals surface area contributed by atoms with Gasteiger partial charge in [0.25, 0.3) is 0 Å². The molecule has 2 amide bonds. The van der Waals surface area contributed by atoms with Gasteiger partial charge in [-0.15, -0.1) is 0 Å². The quantitative estimate of drug-likeness (QED) is 0.0445. The monoisotopic (exact) mass is 852 g/mol. The summed E-state index contributed by atoms with van der Waals surface area (Å²) in [5.74, 6) is -4.25. The van der Waals surface area contributed by atoms with Gasteiger partial charge < -0.3 is 50.5 Å². The summed E-state index contributed by atoms with van der Waals surface area (Å²) in [6.45, 7) is 4.30. The summed E-state index contributed by atoms with van der Waals surface area (Å²) < 4.78 is 24.3. The fourth-order valence-corrected chi connectivity index (χ4v) is 11.6. The Hall–Kier alpha value is -3.32. The van der Waals surface area contributed by atoms with Gasteiger partial charge in [-0.1, -0.05) is 45.9 Å². The van der Waals surface area contributed by atoms with E-state index in [1.165, 1.54) is 46.8 Å². The number of phenols is 2. The van der Waals surface area contributed by atoms with Crippen LogP contribution in [-0.2, 0) is 34.8 Å². The molecule has 1 saturated heterocycles. The third-order valence-electron chi connectivity index (χ3n) is 10.5.